The molecule has 93 valence electrons. The van der Waals surface area contributed by atoms with Crippen LogP contribution in [0.4, 0.5) is 0 Å². The van der Waals surface area contributed by atoms with Crippen LogP contribution in [0.15, 0.2) is 59.0 Å². The van der Waals surface area contributed by atoms with E-state index in [1.807, 2.05) is 18.2 Å². The van der Waals surface area contributed by atoms with Crippen molar-refractivity contribution in [2.75, 3.05) is 0 Å². The topological polar surface area (TPSA) is 28.9 Å². The number of nitrogens with one attached hydrogen (secondary N) is 1. The number of fused-ring (bicyclic) bond motifs is 7. The Labute approximate surface area is 114 Å². The number of H-pyrrole nitrogens is 1. The van der Waals surface area contributed by atoms with Crippen molar-refractivity contribution in [2.24, 2.45) is 0 Å². The highest BCUT2D eigenvalue weighted by atomic mass is 16.3. The molecule has 3 aromatic carbocycles. The van der Waals surface area contributed by atoms with E-state index in [-0.39, 0.29) is 0 Å². The van der Waals surface area contributed by atoms with Crippen molar-refractivity contribution in [3.05, 3.63) is 60.7 Å². The average Bonchev–Trinajstić information content (AvgIpc) is 3.05. The fourth-order valence-corrected chi connectivity index (χ4v) is 3.04. The molecular weight excluding hydrogens is 246 g/mol. The van der Waals surface area contributed by atoms with Crippen molar-refractivity contribution in [1.29, 1.82) is 0 Å². The fourth-order valence-electron chi connectivity index (χ4n) is 3.04. The summed E-state index contributed by atoms with van der Waals surface area (Å²) in [6.07, 6.45) is 0. The van der Waals surface area contributed by atoms with Gasteiger partial charge in [-0.05, 0) is 30.3 Å². The Bertz CT molecular complexity index is 1010. The summed E-state index contributed by atoms with van der Waals surface area (Å²) >= 11 is 0. The molecule has 2 heterocycles. The second kappa shape index (κ2) is 3.42. The Balaban J connectivity index is 2.10. The third-order valence-corrected chi connectivity index (χ3v) is 3.96. The third kappa shape index (κ3) is 1.14. The molecule has 1 N–H and O–H groups in total. The zero-order valence-corrected chi connectivity index (χ0v) is 10.6. The molecule has 5 aromatic rings. The predicted molar refractivity (Wildman–Crippen MR) is 81.9 cm³/mol. The highest BCUT2D eigenvalue weighted by Crippen LogP contribution is 2.36. The maximum atomic E-state index is 6.03. The Morgan fingerprint density at radius 1 is 0.850 bits per heavy atom. The van der Waals surface area contributed by atoms with Crippen LogP contribution in [0.25, 0.3) is 43.7 Å². The average molecular weight is 256 g/mol. The molecular formula is C18H10NO. The maximum absolute atomic E-state index is 6.03. The van der Waals surface area contributed by atoms with Crippen molar-refractivity contribution in [3.8, 4) is 0 Å². The SMILES string of the molecule is [c]1ccc2c(c1)oc1c2ccc2c3ccccc3[nH]c21. The summed E-state index contributed by atoms with van der Waals surface area (Å²) in [6.45, 7) is 0. The van der Waals surface area contributed by atoms with E-state index in [1.54, 1.807) is 0 Å². The second-order valence-electron chi connectivity index (χ2n) is 5.06. The molecule has 0 spiro atoms. The van der Waals surface area contributed by atoms with E-state index in [4.69, 9.17) is 4.42 Å². The Morgan fingerprint density at radius 3 is 2.75 bits per heavy atom. The number of furan rings is 1. The van der Waals surface area contributed by atoms with Gasteiger partial charge in [-0.15, -0.1) is 0 Å². The lowest BCUT2D eigenvalue weighted by Gasteiger charge is -1.92. The van der Waals surface area contributed by atoms with E-state index in [0.29, 0.717) is 0 Å². The van der Waals surface area contributed by atoms with Crippen molar-refractivity contribution in [1.82, 2.24) is 4.98 Å². The van der Waals surface area contributed by atoms with Crippen LogP contribution in [0.3, 0.4) is 0 Å². The number of hydrogen-bond donors (Lipinski definition) is 1. The molecule has 20 heavy (non-hydrogen) atoms. The van der Waals surface area contributed by atoms with Gasteiger partial charge in [-0.2, -0.15) is 0 Å². The predicted octanol–water partition coefficient (Wildman–Crippen LogP) is 5.02. The van der Waals surface area contributed by atoms with Gasteiger partial charge in [0.1, 0.15) is 5.58 Å². The summed E-state index contributed by atoms with van der Waals surface area (Å²) in [7, 11) is 0. The standard InChI is InChI=1S/C18H10NO/c1-3-7-15-11(5-1)13-9-10-14-12-6-2-4-8-16(12)20-18(14)17(13)19-15/h1-3,5-10,19H. The maximum Gasteiger partial charge on any atom is 0.159 e. The van der Waals surface area contributed by atoms with E-state index in [0.717, 1.165) is 33.0 Å². The summed E-state index contributed by atoms with van der Waals surface area (Å²) in [5.74, 6) is 0. The van der Waals surface area contributed by atoms with Crippen LogP contribution < -0.4 is 0 Å². The molecule has 0 aliphatic heterocycles. The first-order valence-corrected chi connectivity index (χ1v) is 6.63. The number of aromatic amines is 1. The summed E-state index contributed by atoms with van der Waals surface area (Å²) < 4.78 is 6.03. The molecule has 5 rings (SSSR count). The summed E-state index contributed by atoms with van der Waals surface area (Å²) in [5.41, 5.74) is 4.02. The molecule has 2 aromatic heterocycles. The van der Waals surface area contributed by atoms with Gasteiger partial charge in [-0.3, -0.25) is 0 Å². The van der Waals surface area contributed by atoms with Gasteiger partial charge in [0, 0.05) is 27.1 Å². The highest BCUT2D eigenvalue weighted by Gasteiger charge is 2.12. The lowest BCUT2D eigenvalue weighted by atomic mass is 10.1. The Morgan fingerprint density at radius 2 is 1.75 bits per heavy atom. The Kier molecular flexibility index (Phi) is 1.73. The quantitative estimate of drug-likeness (QED) is 0.414. The Hall–Kier alpha value is -2.74. The van der Waals surface area contributed by atoms with Crippen LogP contribution in [-0.2, 0) is 0 Å². The molecule has 0 unspecified atom stereocenters. The van der Waals surface area contributed by atoms with Crippen molar-refractivity contribution < 1.29 is 4.42 Å². The summed E-state index contributed by atoms with van der Waals surface area (Å²) in [5, 5.41) is 4.72. The van der Waals surface area contributed by atoms with Gasteiger partial charge in [0.25, 0.3) is 0 Å². The van der Waals surface area contributed by atoms with Crippen LogP contribution in [0.1, 0.15) is 0 Å². The van der Waals surface area contributed by atoms with Gasteiger partial charge < -0.3 is 9.40 Å². The summed E-state index contributed by atoms with van der Waals surface area (Å²) in [6, 6.07) is 21.6. The van der Waals surface area contributed by atoms with E-state index in [1.165, 1.54) is 10.8 Å². The molecule has 0 atom stereocenters. The second-order valence-corrected chi connectivity index (χ2v) is 5.06. The van der Waals surface area contributed by atoms with Gasteiger partial charge in [-0.25, -0.2) is 0 Å². The smallest absolute Gasteiger partial charge is 0.159 e. The van der Waals surface area contributed by atoms with Crippen LogP contribution in [0.2, 0.25) is 0 Å². The van der Waals surface area contributed by atoms with E-state index >= 15 is 0 Å². The molecule has 0 aliphatic rings. The number of benzene rings is 3. The molecule has 0 bridgehead atoms. The molecule has 0 aliphatic carbocycles. The molecule has 0 saturated carbocycles. The van der Waals surface area contributed by atoms with Gasteiger partial charge in [0.15, 0.2) is 5.58 Å². The molecule has 0 fully saturated rings. The van der Waals surface area contributed by atoms with Gasteiger partial charge in [0.2, 0.25) is 0 Å². The number of aromatic nitrogens is 1. The molecule has 2 nitrogen and oxygen atoms in total. The normalized spacial score (nSPS) is 12.0. The third-order valence-electron chi connectivity index (χ3n) is 3.96. The number of hydrogen-bond acceptors (Lipinski definition) is 1. The zero-order chi connectivity index (χ0) is 13.1. The minimum Gasteiger partial charge on any atom is -0.454 e. The fraction of sp³-hybridized carbons (Fsp3) is 0. The first-order valence-electron chi connectivity index (χ1n) is 6.63. The lowest BCUT2D eigenvalue weighted by molar-refractivity contribution is 0.672. The first kappa shape index (κ1) is 10.1. The first-order chi connectivity index (χ1) is 9.92. The van der Waals surface area contributed by atoms with Crippen LogP contribution in [0, 0.1) is 6.07 Å². The molecule has 0 saturated heterocycles. The highest BCUT2D eigenvalue weighted by molar-refractivity contribution is 6.20. The minimum absolute atomic E-state index is 0.883. The van der Waals surface area contributed by atoms with Gasteiger partial charge >= 0.3 is 0 Å². The number of para-hydroxylation sites is 1. The molecule has 0 amide bonds. The van der Waals surface area contributed by atoms with Crippen molar-refractivity contribution in [3.63, 3.8) is 0 Å². The van der Waals surface area contributed by atoms with Crippen LogP contribution in [0.5, 0.6) is 0 Å². The zero-order valence-electron chi connectivity index (χ0n) is 10.6. The van der Waals surface area contributed by atoms with E-state index in [9.17, 15) is 0 Å². The van der Waals surface area contributed by atoms with E-state index in [2.05, 4.69) is 47.4 Å². The van der Waals surface area contributed by atoms with Gasteiger partial charge in [0.05, 0.1) is 5.52 Å². The van der Waals surface area contributed by atoms with Gasteiger partial charge in [-0.1, -0.05) is 30.3 Å². The largest absolute Gasteiger partial charge is 0.454 e. The van der Waals surface area contributed by atoms with Crippen molar-refractivity contribution in [2.45, 2.75) is 0 Å². The molecule has 1 radical (unpaired) electrons. The number of rotatable bonds is 0. The monoisotopic (exact) mass is 256 g/mol. The van der Waals surface area contributed by atoms with Crippen molar-refractivity contribution >= 4 is 43.7 Å². The van der Waals surface area contributed by atoms with E-state index < -0.39 is 0 Å². The van der Waals surface area contributed by atoms with Crippen LogP contribution >= 0.6 is 0 Å². The minimum atomic E-state index is 0.883. The molecule has 2 heteroatoms. The lowest BCUT2D eigenvalue weighted by Crippen LogP contribution is -1.69. The summed E-state index contributed by atoms with van der Waals surface area (Å²) in [4.78, 5) is 3.48. The van der Waals surface area contributed by atoms with Crippen LogP contribution in [-0.4, -0.2) is 4.98 Å².